The van der Waals surface area contributed by atoms with Crippen LogP contribution < -0.4 is 10.9 Å². The zero-order valence-electron chi connectivity index (χ0n) is 18.6. The third kappa shape index (κ3) is 4.83. The Hall–Kier alpha value is -3.45. The lowest BCUT2D eigenvalue weighted by Crippen LogP contribution is -2.26. The topological polar surface area (TPSA) is 64.0 Å². The quantitative estimate of drug-likeness (QED) is 0.293. The number of nitrogens with zero attached hydrogens (tertiary/aromatic N) is 2. The Morgan fingerprint density at radius 2 is 1.64 bits per heavy atom. The highest BCUT2D eigenvalue weighted by molar-refractivity contribution is 8.00. The lowest BCUT2D eigenvalue weighted by Gasteiger charge is -2.18. The van der Waals surface area contributed by atoms with Gasteiger partial charge < -0.3 is 5.32 Å². The molecule has 0 aliphatic carbocycles. The van der Waals surface area contributed by atoms with Gasteiger partial charge in [0.1, 0.15) is 5.82 Å². The van der Waals surface area contributed by atoms with Crippen LogP contribution in [-0.2, 0) is 4.79 Å². The van der Waals surface area contributed by atoms with Crippen LogP contribution in [0.4, 0.5) is 10.1 Å². The molecule has 1 heterocycles. The van der Waals surface area contributed by atoms with Crippen molar-refractivity contribution >= 4 is 34.3 Å². The normalized spacial score (nSPS) is 12.2. The maximum absolute atomic E-state index is 13.5. The largest absolute Gasteiger partial charge is 0.325 e. The summed E-state index contributed by atoms with van der Waals surface area (Å²) in [6, 6.07) is 20.4. The molecule has 0 bridgehead atoms. The molecule has 4 rings (SSSR count). The van der Waals surface area contributed by atoms with Crippen LogP contribution in [0.5, 0.6) is 0 Å². The number of rotatable bonds is 6. The second-order valence-corrected chi connectivity index (χ2v) is 9.33. The van der Waals surface area contributed by atoms with E-state index in [1.807, 2.05) is 30.3 Å². The van der Waals surface area contributed by atoms with Gasteiger partial charge in [-0.3, -0.25) is 14.2 Å². The van der Waals surface area contributed by atoms with Gasteiger partial charge in [0.15, 0.2) is 5.16 Å². The molecule has 33 heavy (non-hydrogen) atoms. The Kier molecular flexibility index (Phi) is 6.60. The molecule has 0 saturated heterocycles. The van der Waals surface area contributed by atoms with Gasteiger partial charge in [-0.2, -0.15) is 0 Å². The first-order valence-electron chi connectivity index (χ1n) is 10.7. The molecule has 1 atom stereocenters. The number of aromatic nitrogens is 2. The summed E-state index contributed by atoms with van der Waals surface area (Å²) in [6.07, 6.45) is 0. The molecule has 0 spiro atoms. The van der Waals surface area contributed by atoms with E-state index in [2.05, 4.69) is 24.1 Å². The van der Waals surface area contributed by atoms with Crippen LogP contribution in [0.25, 0.3) is 16.6 Å². The van der Waals surface area contributed by atoms with Gasteiger partial charge >= 0.3 is 0 Å². The Balaban J connectivity index is 1.70. The maximum Gasteiger partial charge on any atom is 0.266 e. The first kappa shape index (κ1) is 22.7. The van der Waals surface area contributed by atoms with E-state index in [4.69, 9.17) is 0 Å². The first-order valence-corrected chi connectivity index (χ1v) is 11.6. The molecule has 7 heteroatoms. The summed E-state index contributed by atoms with van der Waals surface area (Å²) >= 11 is 1.19. The summed E-state index contributed by atoms with van der Waals surface area (Å²) in [7, 11) is 0. The molecule has 0 aliphatic rings. The molecule has 1 amide bonds. The van der Waals surface area contributed by atoms with Crippen LogP contribution in [0.3, 0.4) is 0 Å². The van der Waals surface area contributed by atoms with Crippen molar-refractivity contribution in [2.75, 3.05) is 5.32 Å². The molecule has 5 nitrogen and oxygen atoms in total. The van der Waals surface area contributed by atoms with Crippen LogP contribution in [0.2, 0.25) is 0 Å². The Labute approximate surface area is 195 Å². The van der Waals surface area contributed by atoms with E-state index >= 15 is 0 Å². The number of benzene rings is 3. The fourth-order valence-electron chi connectivity index (χ4n) is 3.57. The molecule has 3 aromatic carbocycles. The van der Waals surface area contributed by atoms with Crippen molar-refractivity contribution in [3.63, 3.8) is 0 Å². The van der Waals surface area contributed by atoms with Crippen molar-refractivity contribution in [2.24, 2.45) is 0 Å². The minimum atomic E-state index is -0.537. The molecule has 0 radical (unpaired) electrons. The van der Waals surface area contributed by atoms with Gasteiger partial charge in [0.2, 0.25) is 5.91 Å². The van der Waals surface area contributed by atoms with Gasteiger partial charge in [0, 0.05) is 5.69 Å². The predicted molar refractivity (Wildman–Crippen MR) is 132 cm³/mol. The van der Waals surface area contributed by atoms with Gasteiger partial charge in [-0.1, -0.05) is 55.9 Å². The second-order valence-electron chi connectivity index (χ2n) is 8.02. The van der Waals surface area contributed by atoms with Crippen LogP contribution >= 0.6 is 11.8 Å². The number of carbonyl (C=O) groups excluding carboxylic acids is 1. The lowest BCUT2D eigenvalue weighted by atomic mass is 10.0. The predicted octanol–water partition coefficient (Wildman–Crippen LogP) is 5.77. The summed E-state index contributed by atoms with van der Waals surface area (Å²) < 4.78 is 14.9. The number of carbonyl (C=O) groups is 1. The molecule has 1 N–H and O–H groups in total. The third-order valence-corrected chi connectivity index (χ3v) is 6.37. The van der Waals surface area contributed by atoms with E-state index in [0.717, 1.165) is 11.3 Å². The first-order chi connectivity index (χ1) is 15.8. The second kappa shape index (κ2) is 9.58. The highest BCUT2D eigenvalue weighted by Crippen LogP contribution is 2.28. The van der Waals surface area contributed by atoms with Crippen LogP contribution in [0.15, 0.2) is 82.7 Å². The number of anilines is 1. The van der Waals surface area contributed by atoms with E-state index in [9.17, 15) is 14.0 Å². The summed E-state index contributed by atoms with van der Waals surface area (Å²) in [5, 5.41) is 3.29. The number of thioether (sulfide) groups is 1. The maximum atomic E-state index is 13.5. The summed E-state index contributed by atoms with van der Waals surface area (Å²) in [5.74, 6) is -0.331. The van der Waals surface area contributed by atoms with Crippen molar-refractivity contribution in [3.05, 3.63) is 94.5 Å². The molecule has 0 saturated carbocycles. The Morgan fingerprint density at radius 3 is 2.36 bits per heavy atom. The van der Waals surface area contributed by atoms with E-state index < -0.39 is 11.1 Å². The van der Waals surface area contributed by atoms with Crippen molar-refractivity contribution in [1.29, 1.82) is 0 Å². The lowest BCUT2D eigenvalue weighted by molar-refractivity contribution is -0.115. The summed E-state index contributed by atoms with van der Waals surface area (Å²) in [6.45, 7) is 5.92. The Morgan fingerprint density at radius 1 is 0.970 bits per heavy atom. The third-order valence-electron chi connectivity index (χ3n) is 5.32. The van der Waals surface area contributed by atoms with Crippen molar-refractivity contribution < 1.29 is 9.18 Å². The number of halogens is 1. The van der Waals surface area contributed by atoms with E-state index in [1.165, 1.54) is 40.6 Å². The molecule has 1 unspecified atom stereocenters. The van der Waals surface area contributed by atoms with Crippen LogP contribution in [0.1, 0.15) is 32.3 Å². The number of nitrogens with one attached hydrogen (secondary N) is 1. The van der Waals surface area contributed by atoms with Gasteiger partial charge in [-0.25, -0.2) is 9.37 Å². The zero-order chi connectivity index (χ0) is 23.5. The molecule has 0 aliphatic heterocycles. The van der Waals surface area contributed by atoms with Crippen molar-refractivity contribution in [3.8, 4) is 5.69 Å². The fraction of sp³-hybridized carbons (Fsp3) is 0.192. The van der Waals surface area contributed by atoms with Crippen molar-refractivity contribution in [1.82, 2.24) is 9.55 Å². The zero-order valence-corrected chi connectivity index (χ0v) is 19.4. The smallest absolute Gasteiger partial charge is 0.266 e. The van der Waals surface area contributed by atoms with Gasteiger partial charge in [-0.05, 0) is 60.9 Å². The number of para-hydroxylation sites is 2. The summed E-state index contributed by atoms with van der Waals surface area (Å²) in [4.78, 5) is 31.0. The minimum absolute atomic E-state index is 0.193. The van der Waals surface area contributed by atoms with Gasteiger partial charge in [-0.15, -0.1) is 0 Å². The highest BCUT2D eigenvalue weighted by Gasteiger charge is 2.21. The minimum Gasteiger partial charge on any atom is -0.325 e. The Bertz CT molecular complexity index is 1370. The van der Waals surface area contributed by atoms with Gasteiger partial charge in [0.25, 0.3) is 5.56 Å². The van der Waals surface area contributed by atoms with Crippen LogP contribution in [-0.4, -0.2) is 20.7 Å². The molecule has 1 aromatic heterocycles. The number of fused-ring (bicyclic) bond motifs is 1. The monoisotopic (exact) mass is 461 g/mol. The standard InChI is InChI=1S/C26H24FN3O2S/c1-16(2)20-8-4-6-10-22(20)28-24(31)17(3)33-26-29-23-11-7-5-9-21(23)25(32)30(26)19-14-12-18(27)13-15-19/h4-17H,1-3H3,(H,28,31). The average molecular weight is 462 g/mol. The van der Waals surface area contributed by atoms with E-state index in [-0.39, 0.29) is 17.4 Å². The molecule has 168 valence electrons. The highest BCUT2D eigenvalue weighted by atomic mass is 32.2. The molecular formula is C26H24FN3O2S. The average Bonchev–Trinajstić information content (AvgIpc) is 2.80. The molecule has 0 fully saturated rings. The number of amides is 1. The molecule has 4 aromatic rings. The molecular weight excluding hydrogens is 437 g/mol. The van der Waals surface area contributed by atoms with E-state index in [0.29, 0.717) is 21.7 Å². The van der Waals surface area contributed by atoms with Crippen molar-refractivity contribution in [2.45, 2.75) is 37.1 Å². The summed E-state index contributed by atoms with van der Waals surface area (Å²) in [5.41, 5.74) is 2.58. The van der Waals surface area contributed by atoms with Crippen LogP contribution in [0, 0.1) is 5.82 Å². The van der Waals surface area contributed by atoms with Gasteiger partial charge in [0.05, 0.1) is 21.8 Å². The SMILES string of the molecule is CC(Sc1nc2ccccc2c(=O)n1-c1ccc(F)cc1)C(=O)Nc1ccccc1C(C)C. The fourth-order valence-corrected chi connectivity index (χ4v) is 4.50. The number of hydrogen-bond acceptors (Lipinski definition) is 4. The number of hydrogen-bond donors (Lipinski definition) is 1. The van der Waals surface area contributed by atoms with E-state index in [1.54, 1.807) is 25.1 Å².